The lowest BCUT2D eigenvalue weighted by Gasteiger charge is -2.37. The van der Waals surface area contributed by atoms with E-state index in [1.54, 1.807) is 19.2 Å². The predicted octanol–water partition coefficient (Wildman–Crippen LogP) is 1.33. The maximum atomic E-state index is 10.9. The topological polar surface area (TPSA) is 56.7 Å². The largest absolute Gasteiger partial charge is 0.480 e. The highest BCUT2D eigenvalue weighted by molar-refractivity contribution is 6.32. The van der Waals surface area contributed by atoms with Crippen LogP contribution in [-0.2, 0) is 4.79 Å². The van der Waals surface area contributed by atoms with Crippen LogP contribution in [-0.4, -0.2) is 53.2 Å². The molecule has 1 aromatic heterocycles. The molecule has 1 aliphatic rings. The molecule has 0 aromatic carbocycles. The highest BCUT2D eigenvalue weighted by Gasteiger charge is 2.26. The number of hydrogen-bond acceptors (Lipinski definition) is 4. The molecular formula is C12H16ClN3O2. The molecule has 6 heteroatoms. The van der Waals surface area contributed by atoms with Crippen molar-refractivity contribution in [2.24, 2.45) is 0 Å². The van der Waals surface area contributed by atoms with E-state index in [0.717, 1.165) is 18.9 Å². The van der Waals surface area contributed by atoms with Crippen LogP contribution >= 0.6 is 11.6 Å². The molecule has 18 heavy (non-hydrogen) atoms. The zero-order chi connectivity index (χ0) is 13.1. The first-order valence-corrected chi connectivity index (χ1v) is 6.29. The average Bonchev–Trinajstić information content (AvgIpc) is 2.38. The van der Waals surface area contributed by atoms with Crippen LogP contribution in [0.3, 0.4) is 0 Å². The lowest BCUT2D eigenvalue weighted by molar-refractivity contribution is -0.142. The van der Waals surface area contributed by atoms with E-state index in [-0.39, 0.29) is 0 Å². The minimum Gasteiger partial charge on any atom is -0.480 e. The van der Waals surface area contributed by atoms with Crippen molar-refractivity contribution in [1.29, 1.82) is 0 Å². The van der Waals surface area contributed by atoms with Crippen LogP contribution in [0.2, 0.25) is 5.02 Å². The number of piperazine rings is 1. The van der Waals surface area contributed by atoms with E-state index in [1.807, 2.05) is 11.0 Å². The second-order valence-electron chi connectivity index (χ2n) is 4.35. The molecule has 0 spiro atoms. The summed E-state index contributed by atoms with van der Waals surface area (Å²) in [6.07, 6.45) is 1.72. The maximum absolute atomic E-state index is 10.9. The second kappa shape index (κ2) is 5.54. The van der Waals surface area contributed by atoms with E-state index in [4.69, 9.17) is 16.7 Å². The van der Waals surface area contributed by atoms with Gasteiger partial charge in [0.15, 0.2) is 0 Å². The van der Waals surface area contributed by atoms with Gasteiger partial charge in [0, 0.05) is 32.4 Å². The number of aromatic nitrogens is 1. The zero-order valence-electron chi connectivity index (χ0n) is 10.2. The number of hydrogen-bond donors (Lipinski definition) is 1. The summed E-state index contributed by atoms with van der Waals surface area (Å²) >= 11 is 6.10. The van der Waals surface area contributed by atoms with Crippen LogP contribution in [0.1, 0.15) is 6.92 Å². The number of nitrogens with zero attached hydrogens (tertiary/aromatic N) is 3. The quantitative estimate of drug-likeness (QED) is 0.897. The van der Waals surface area contributed by atoms with Gasteiger partial charge in [0.25, 0.3) is 0 Å². The standard InChI is InChI=1S/C12H16ClN3O2/c1-9(12(17)18)15-5-7-16(8-6-15)11-10(13)3-2-4-14-11/h2-4,9H,5-8H2,1H3,(H,17,18). The first kappa shape index (κ1) is 13.1. The summed E-state index contributed by atoms with van der Waals surface area (Å²) in [6, 6.07) is 3.18. The molecule has 1 saturated heterocycles. The molecule has 0 bridgehead atoms. The summed E-state index contributed by atoms with van der Waals surface area (Å²) in [5.41, 5.74) is 0. The smallest absolute Gasteiger partial charge is 0.320 e. The minimum absolute atomic E-state index is 0.439. The van der Waals surface area contributed by atoms with Crippen molar-refractivity contribution in [3.63, 3.8) is 0 Å². The maximum Gasteiger partial charge on any atom is 0.320 e. The summed E-state index contributed by atoms with van der Waals surface area (Å²) in [6.45, 7) is 4.62. The Morgan fingerprint density at radius 1 is 1.44 bits per heavy atom. The Morgan fingerprint density at radius 3 is 2.67 bits per heavy atom. The number of rotatable bonds is 3. The van der Waals surface area contributed by atoms with Gasteiger partial charge < -0.3 is 10.0 Å². The van der Waals surface area contributed by atoms with Crippen LogP contribution < -0.4 is 4.90 Å². The molecule has 0 aliphatic carbocycles. The van der Waals surface area contributed by atoms with Crippen molar-refractivity contribution >= 4 is 23.4 Å². The first-order valence-electron chi connectivity index (χ1n) is 5.92. The third-order valence-corrected chi connectivity index (χ3v) is 3.55. The molecule has 1 N–H and O–H groups in total. The van der Waals surface area contributed by atoms with Gasteiger partial charge in [-0.05, 0) is 19.1 Å². The Labute approximate surface area is 111 Å². The first-order chi connectivity index (χ1) is 8.59. The van der Waals surface area contributed by atoms with E-state index in [0.29, 0.717) is 18.1 Å². The van der Waals surface area contributed by atoms with Gasteiger partial charge in [-0.1, -0.05) is 11.6 Å². The summed E-state index contributed by atoms with van der Waals surface area (Å²) < 4.78 is 0. The molecule has 1 unspecified atom stereocenters. The van der Waals surface area contributed by atoms with Crippen LogP contribution in [0, 0.1) is 0 Å². The molecule has 1 fully saturated rings. The van der Waals surface area contributed by atoms with E-state index in [2.05, 4.69) is 9.88 Å². The van der Waals surface area contributed by atoms with Gasteiger partial charge in [-0.2, -0.15) is 0 Å². The lowest BCUT2D eigenvalue weighted by atomic mass is 10.2. The Kier molecular flexibility index (Phi) is 4.04. The summed E-state index contributed by atoms with van der Waals surface area (Å²) in [5.74, 6) is 0.00103. The molecule has 2 rings (SSSR count). The molecule has 2 heterocycles. The highest BCUT2D eigenvalue weighted by atomic mass is 35.5. The summed E-state index contributed by atoms with van der Waals surface area (Å²) in [5, 5.41) is 9.61. The van der Waals surface area contributed by atoms with Crippen molar-refractivity contribution in [3.05, 3.63) is 23.4 Å². The normalized spacial score (nSPS) is 18.7. The molecule has 0 radical (unpaired) electrons. The van der Waals surface area contributed by atoms with Crippen LogP contribution in [0.4, 0.5) is 5.82 Å². The summed E-state index contributed by atoms with van der Waals surface area (Å²) in [4.78, 5) is 19.2. The zero-order valence-corrected chi connectivity index (χ0v) is 11.0. The third kappa shape index (κ3) is 2.73. The fourth-order valence-corrected chi connectivity index (χ4v) is 2.33. The van der Waals surface area contributed by atoms with Crippen LogP contribution in [0.25, 0.3) is 0 Å². The van der Waals surface area contributed by atoms with Gasteiger partial charge in [0.1, 0.15) is 11.9 Å². The van der Waals surface area contributed by atoms with E-state index in [9.17, 15) is 4.79 Å². The molecule has 0 saturated carbocycles. The second-order valence-corrected chi connectivity index (χ2v) is 4.75. The molecule has 0 amide bonds. The van der Waals surface area contributed by atoms with Crippen molar-refractivity contribution in [2.75, 3.05) is 31.1 Å². The molecule has 1 aromatic rings. The number of halogens is 1. The molecule has 5 nitrogen and oxygen atoms in total. The van der Waals surface area contributed by atoms with Crippen molar-refractivity contribution in [2.45, 2.75) is 13.0 Å². The minimum atomic E-state index is -0.778. The SMILES string of the molecule is CC(C(=O)O)N1CCN(c2ncccc2Cl)CC1. The third-order valence-electron chi connectivity index (χ3n) is 3.26. The fraction of sp³-hybridized carbons (Fsp3) is 0.500. The van der Waals surface area contributed by atoms with Gasteiger partial charge in [-0.3, -0.25) is 9.69 Å². The van der Waals surface area contributed by atoms with E-state index in [1.165, 1.54) is 0 Å². The van der Waals surface area contributed by atoms with Crippen molar-refractivity contribution in [3.8, 4) is 0 Å². The predicted molar refractivity (Wildman–Crippen MR) is 70.1 cm³/mol. The Balaban J connectivity index is 1.99. The van der Waals surface area contributed by atoms with Gasteiger partial charge >= 0.3 is 5.97 Å². The van der Waals surface area contributed by atoms with Crippen LogP contribution in [0.5, 0.6) is 0 Å². The molecular weight excluding hydrogens is 254 g/mol. The Hall–Kier alpha value is -1.33. The monoisotopic (exact) mass is 269 g/mol. The summed E-state index contributed by atoms with van der Waals surface area (Å²) in [7, 11) is 0. The molecule has 1 atom stereocenters. The van der Waals surface area contributed by atoms with Crippen molar-refractivity contribution < 1.29 is 9.90 Å². The van der Waals surface area contributed by atoms with E-state index >= 15 is 0 Å². The molecule has 98 valence electrons. The van der Waals surface area contributed by atoms with Crippen molar-refractivity contribution in [1.82, 2.24) is 9.88 Å². The van der Waals surface area contributed by atoms with Crippen LogP contribution in [0.15, 0.2) is 18.3 Å². The number of aliphatic carboxylic acids is 1. The number of carbonyl (C=O) groups is 1. The van der Waals surface area contributed by atoms with E-state index < -0.39 is 12.0 Å². The Morgan fingerprint density at radius 2 is 2.11 bits per heavy atom. The van der Waals surface area contributed by atoms with Gasteiger partial charge in [-0.25, -0.2) is 4.98 Å². The van der Waals surface area contributed by atoms with Gasteiger partial charge in [-0.15, -0.1) is 0 Å². The molecule has 1 aliphatic heterocycles. The average molecular weight is 270 g/mol. The number of carboxylic acid groups (broad SMARTS) is 1. The lowest BCUT2D eigenvalue weighted by Crippen LogP contribution is -2.52. The Bertz CT molecular complexity index is 433. The highest BCUT2D eigenvalue weighted by Crippen LogP contribution is 2.23. The van der Waals surface area contributed by atoms with Gasteiger partial charge in [0.2, 0.25) is 0 Å². The number of pyridine rings is 1. The van der Waals surface area contributed by atoms with Gasteiger partial charge in [0.05, 0.1) is 5.02 Å². The number of anilines is 1. The number of carboxylic acids is 1. The fourth-order valence-electron chi connectivity index (χ4n) is 2.09.